The molecule has 0 saturated heterocycles. The van der Waals surface area contributed by atoms with E-state index < -0.39 is 0 Å². The fourth-order valence-corrected chi connectivity index (χ4v) is 2.70. The third-order valence-electron chi connectivity index (χ3n) is 4.34. The van der Waals surface area contributed by atoms with Gasteiger partial charge in [0.1, 0.15) is 5.69 Å². The molecule has 1 amide bonds. The molecule has 0 aromatic carbocycles. The summed E-state index contributed by atoms with van der Waals surface area (Å²) in [5.74, 6) is -0.122. The van der Waals surface area contributed by atoms with Crippen LogP contribution in [0.15, 0.2) is 18.3 Å². The molecule has 1 saturated carbocycles. The Balaban J connectivity index is 1.98. The Morgan fingerprint density at radius 1 is 1.52 bits per heavy atom. The number of rotatable bonds is 6. The van der Waals surface area contributed by atoms with Crippen molar-refractivity contribution >= 4 is 11.6 Å². The van der Waals surface area contributed by atoms with Gasteiger partial charge in [0.2, 0.25) is 0 Å². The first kappa shape index (κ1) is 15.8. The molecule has 1 fully saturated rings. The van der Waals surface area contributed by atoms with E-state index in [9.17, 15) is 4.79 Å². The zero-order valence-electron chi connectivity index (χ0n) is 13.3. The first-order valence-corrected chi connectivity index (χ1v) is 7.52. The van der Waals surface area contributed by atoms with Gasteiger partial charge in [-0.2, -0.15) is 0 Å². The summed E-state index contributed by atoms with van der Waals surface area (Å²) in [6.45, 7) is 7.22. The lowest BCUT2D eigenvalue weighted by molar-refractivity contribution is -0.0942. The van der Waals surface area contributed by atoms with E-state index in [0.29, 0.717) is 5.69 Å². The molecule has 2 N–H and O–H groups in total. The average molecular weight is 291 g/mol. The Bertz CT molecular complexity index is 502. The predicted molar refractivity (Wildman–Crippen MR) is 83.5 cm³/mol. The summed E-state index contributed by atoms with van der Waals surface area (Å²) in [6.07, 6.45) is 3.76. The van der Waals surface area contributed by atoms with Crippen LogP contribution in [-0.2, 0) is 4.74 Å². The Kier molecular flexibility index (Phi) is 4.83. The Morgan fingerprint density at radius 3 is 2.90 bits per heavy atom. The highest BCUT2D eigenvalue weighted by molar-refractivity contribution is 5.93. The Hall–Kier alpha value is -1.62. The third kappa shape index (κ3) is 3.35. The largest absolute Gasteiger partial charge is 0.385 e. The summed E-state index contributed by atoms with van der Waals surface area (Å²) in [5.41, 5.74) is 1.34. The van der Waals surface area contributed by atoms with Crippen LogP contribution in [0.2, 0.25) is 0 Å². The number of anilines is 1. The van der Waals surface area contributed by atoms with Gasteiger partial charge in [0, 0.05) is 37.0 Å². The second-order valence-corrected chi connectivity index (χ2v) is 6.16. The van der Waals surface area contributed by atoms with Crippen molar-refractivity contribution in [2.45, 2.75) is 45.8 Å². The highest BCUT2D eigenvalue weighted by Crippen LogP contribution is 2.42. The van der Waals surface area contributed by atoms with Gasteiger partial charge in [0.25, 0.3) is 5.91 Å². The second-order valence-electron chi connectivity index (χ2n) is 6.16. The SMILES string of the molecule is CCCNc1ccnc(C(=O)NC2CC(OC)C2(C)C)c1. The van der Waals surface area contributed by atoms with E-state index in [4.69, 9.17) is 4.74 Å². The quantitative estimate of drug-likeness (QED) is 0.845. The minimum atomic E-state index is -0.122. The molecule has 116 valence electrons. The molecule has 2 rings (SSSR count). The van der Waals surface area contributed by atoms with Crippen molar-refractivity contribution < 1.29 is 9.53 Å². The second kappa shape index (κ2) is 6.43. The minimum Gasteiger partial charge on any atom is -0.385 e. The number of carbonyl (C=O) groups excluding carboxylic acids is 1. The Morgan fingerprint density at radius 2 is 2.29 bits per heavy atom. The van der Waals surface area contributed by atoms with Gasteiger partial charge in [-0.25, -0.2) is 0 Å². The molecular weight excluding hydrogens is 266 g/mol. The molecule has 1 aromatic heterocycles. The summed E-state index contributed by atoms with van der Waals surface area (Å²) in [7, 11) is 1.72. The van der Waals surface area contributed by atoms with E-state index in [1.54, 1.807) is 19.4 Å². The van der Waals surface area contributed by atoms with Crippen molar-refractivity contribution in [3.8, 4) is 0 Å². The lowest BCUT2D eigenvalue weighted by atomic mass is 9.64. The summed E-state index contributed by atoms with van der Waals surface area (Å²) >= 11 is 0. The van der Waals surface area contributed by atoms with Gasteiger partial charge in [0.05, 0.1) is 6.10 Å². The van der Waals surface area contributed by atoms with E-state index in [0.717, 1.165) is 25.1 Å². The topological polar surface area (TPSA) is 63.2 Å². The standard InChI is InChI=1S/C16H25N3O2/c1-5-7-17-11-6-8-18-12(9-11)15(20)19-13-10-14(21-4)16(13,2)3/h6,8-9,13-14H,5,7,10H2,1-4H3,(H,17,18)(H,19,20). The van der Waals surface area contributed by atoms with Gasteiger partial charge < -0.3 is 15.4 Å². The molecule has 21 heavy (non-hydrogen) atoms. The maximum absolute atomic E-state index is 12.3. The van der Waals surface area contributed by atoms with Crippen LogP contribution in [-0.4, -0.2) is 36.7 Å². The number of carbonyl (C=O) groups is 1. The van der Waals surface area contributed by atoms with Crippen molar-refractivity contribution in [1.29, 1.82) is 0 Å². The first-order chi connectivity index (χ1) is 9.98. The molecule has 0 spiro atoms. The van der Waals surface area contributed by atoms with Crippen LogP contribution in [0.1, 0.15) is 44.1 Å². The molecular formula is C16H25N3O2. The first-order valence-electron chi connectivity index (χ1n) is 7.52. The highest BCUT2D eigenvalue weighted by atomic mass is 16.5. The lowest BCUT2D eigenvalue weighted by Crippen LogP contribution is -2.61. The van der Waals surface area contributed by atoms with Crippen molar-refractivity contribution in [2.75, 3.05) is 19.0 Å². The molecule has 2 atom stereocenters. The molecule has 5 nitrogen and oxygen atoms in total. The molecule has 1 aromatic rings. The normalized spacial score (nSPS) is 23.2. The molecule has 0 radical (unpaired) electrons. The minimum absolute atomic E-state index is 0.0392. The van der Waals surface area contributed by atoms with Crippen molar-refractivity contribution in [3.63, 3.8) is 0 Å². The lowest BCUT2D eigenvalue weighted by Gasteiger charge is -2.51. The van der Waals surface area contributed by atoms with Gasteiger partial charge >= 0.3 is 0 Å². The summed E-state index contributed by atoms with van der Waals surface area (Å²) in [6, 6.07) is 3.80. The summed E-state index contributed by atoms with van der Waals surface area (Å²) in [4.78, 5) is 16.5. The fourth-order valence-electron chi connectivity index (χ4n) is 2.70. The number of ether oxygens (including phenoxy) is 1. The van der Waals surface area contributed by atoms with Crippen molar-refractivity contribution in [1.82, 2.24) is 10.3 Å². The van der Waals surface area contributed by atoms with Gasteiger partial charge in [-0.1, -0.05) is 20.8 Å². The van der Waals surface area contributed by atoms with Crippen LogP contribution >= 0.6 is 0 Å². The van der Waals surface area contributed by atoms with Crippen LogP contribution in [0.5, 0.6) is 0 Å². The molecule has 1 aliphatic rings. The zero-order chi connectivity index (χ0) is 15.5. The number of nitrogens with one attached hydrogen (secondary N) is 2. The Labute approximate surface area is 126 Å². The number of aromatic nitrogens is 1. The number of hydrogen-bond donors (Lipinski definition) is 2. The third-order valence-corrected chi connectivity index (χ3v) is 4.34. The molecule has 0 bridgehead atoms. The molecule has 1 heterocycles. The van der Waals surface area contributed by atoms with Crippen LogP contribution in [0.25, 0.3) is 0 Å². The maximum Gasteiger partial charge on any atom is 0.270 e. The fraction of sp³-hybridized carbons (Fsp3) is 0.625. The number of amides is 1. The van der Waals surface area contributed by atoms with Crippen LogP contribution in [0.4, 0.5) is 5.69 Å². The average Bonchev–Trinajstić information content (AvgIpc) is 2.49. The smallest absolute Gasteiger partial charge is 0.270 e. The number of pyridine rings is 1. The predicted octanol–water partition coefficient (Wildman–Crippen LogP) is 2.45. The van der Waals surface area contributed by atoms with Crippen LogP contribution in [0.3, 0.4) is 0 Å². The number of nitrogens with zero attached hydrogens (tertiary/aromatic N) is 1. The maximum atomic E-state index is 12.3. The van der Waals surface area contributed by atoms with E-state index in [2.05, 4.69) is 36.4 Å². The van der Waals surface area contributed by atoms with Gasteiger partial charge in [-0.15, -0.1) is 0 Å². The van der Waals surface area contributed by atoms with Gasteiger partial charge in [-0.3, -0.25) is 9.78 Å². The number of methoxy groups -OCH3 is 1. The van der Waals surface area contributed by atoms with Crippen molar-refractivity contribution in [3.05, 3.63) is 24.0 Å². The van der Waals surface area contributed by atoms with Crippen LogP contribution in [0, 0.1) is 5.41 Å². The van der Waals surface area contributed by atoms with Gasteiger partial charge in [-0.05, 0) is 25.0 Å². The zero-order valence-corrected chi connectivity index (χ0v) is 13.3. The molecule has 0 aliphatic heterocycles. The summed E-state index contributed by atoms with van der Waals surface area (Å²) < 4.78 is 5.41. The van der Waals surface area contributed by atoms with E-state index >= 15 is 0 Å². The van der Waals surface area contributed by atoms with E-state index in [1.807, 2.05) is 6.07 Å². The van der Waals surface area contributed by atoms with E-state index in [-0.39, 0.29) is 23.5 Å². The number of hydrogen-bond acceptors (Lipinski definition) is 4. The summed E-state index contributed by atoms with van der Waals surface area (Å²) in [5, 5.41) is 6.32. The monoisotopic (exact) mass is 291 g/mol. The van der Waals surface area contributed by atoms with Crippen molar-refractivity contribution in [2.24, 2.45) is 5.41 Å². The highest BCUT2D eigenvalue weighted by Gasteiger charge is 2.49. The molecule has 1 aliphatic carbocycles. The van der Waals surface area contributed by atoms with E-state index in [1.165, 1.54) is 0 Å². The molecule has 2 unspecified atom stereocenters. The van der Waals surface area contributed by atoms with Crippen LogP contribution < -0.4 is 10.6 Å². The van der Waals surface area contributed by atoms with Gasteiger partial charge in [0.15, 0.2) is 0 Å². The molecule has 5 heteroatoms.